The molecule has 1 amide bonds. The second-order valence-electron chi connectivity index (χ2n) is 5.19. The fraction of sp³-hybridized carbons (Fsp3) is 0.250. The van der Waals surface area contributed by atoms with E-state index >= 15 is 0 Å². The molecule has 5 nitrogen and oxygen atoms in total. The number of imidazole rings is 1. The Morgan fingerprint density at radius 2 is 2.29 bits per heavy atom. The fourth-order valence-electron chi connectivity index (χ4n) is 2.40. The third-order valence-electron chi connectivity index (χ3n) is 3.63. The summed E-state index contributed by atoms with van der Waals surface area (Å²) in [6.45, 7) is 2.40. The molecule has 0 fully saturated rings. The van der Waals surface area contributed by atoms with Gasteiger partial charge in [0, 0.05) is 32.8 Å². The van der Waals surface area contributed by atoms with Crippen LogP contribution in [0.25, 0.3) is 6.08 Å². The molecule has 21 heavy (non-hydrogen) atoms. The number of aryl methyl sites for hydroxylation is 1. The van der Waals surface area contributed by atoms with E-state index in [0.717, 1.165) is 24.3 Å². The van der Waals surface area contributed by atoms with E-state index in [0.29, 0.717) is 6.54 Å². The van der Waals surface area contributed by atoms with Gasteiger partial charge in [0.1, 0.15) is 0 Å². The van der Waals surface area contributed by atoms with Gasteiger partial charge in [-0.05, 0) is 22.8 Å². The van der Waals surface area contributed by atoms with Crippen molar-refractivity contribution in [3.8, 4) is 0 Å². The van der Waals surface area contributed by atoms with Crippen LogP contribution in [0, 0.1) is 0 Å². The minimum absolute atomic E-state index is 0.102. The van der Waals surface area contributed by atoms with Gasteiger partial charge in [-0.2, -0.15) is 0 Å². The molecule has 2 N–H and O–H groups in total. The van der Waals surface area contributed by atoms with Crippen LogP contribution in [0.15, 0.2) is 36.8 Å². The van der Waals surface area contributed by atoms with Gasteiger partial charge in [0.25, 0.3) is 0 Å². The predicted molar refractivity (Wildman–Crippen MR) is 81.1 cm³/mol. The van der Waals surface area contributed by atoms with E-state index < -0.39 is 0 Å². The van der Waals surface area contributed by atoms with Crippen LogP contribution >= 0.6 is 0 Å². The van der Waals surface area contributed by atoms with Crippen molar-refractivity contribution in [2.75, 3.05) is 0 Å². The molecule has 0 saturated carbocycles. The predicted octanol–water partition coefficient (Wildman–Crippen LogP) is 1.35. The van der Waals surface area contributed by atoms with Crippen LogP contribution in [-0.2, 0) is 31.5 Å². The number of carbonyl (C=O) groups excluding carboxylic acids is 1. The van der Waals surface area contributed by atoms with Crippen molar-refractivity contribution in [2.24, 2.45) is 7.05 Å². The van der Waals surface area contributed by atoms with Crippen molar-refractivity contribution >= 4 is 12.0 Å². The minimum atomic E-state index is -0.102. The quantitative estimate of drug-likeness (QED) is 0.832. The Labute approximate surface area is 123 Å². The normalized spacial score (nSPS) is 13.6. The summed E-state index contributed by atoms with van der Waals surface area (Å²) in [7, 11) is 1.89. The van der Waals surface area contributed by atoms with Gasteiger partial charge in [0.05, 0.1) is 18.2 Å². The Hall–Kier alpha value is -2.40. The molecule has 5 heteroatoms. The molecule has 0 spiro atoms. The van der Waals surface area contributed by atoms with Gasteiger partial charge < -0.3 is 15.2 Å². The molecule has 1 aromatic heterocycles. The van der Waals surface area contributed by atoms with E-state index in [1.54, 1.807) is 18.6 Å². The van der Waals surface area contributed by atoms with Crippen LogP contribution in [0.3, 0.4) is 0 Å². The van der Waals surface area contributed by atoms with Gasteiger partial charge in [-0.15, -0.1) is 0 Å². The third kappa shape index (κ3) is 3.20. The van der Waals surface area contributed by atoms with E-state index in [4.69, 9.17) is 0 Å². The summed E-state index contributed by atoms with van der Waals surface area (Å²) < 4.78 is 1.86. The number of rotatable bonds is 4. The summed E-state index contributed by atoms with van der Waals surface area (Å²) in [5.41, 5.74) is 4.70. The summed E-state index contributed by atoms with van der Waals surface area (Å²) in [6, 6.07) is 6.35. The molecule has 1 aliphatic rings. The summed E-state index contributed by atoms with van der Waals surface area (Å²) in [4.78, 5) is 15.8. The highest BCUT2D eigenvalue weighted by molar-refractivity contribution is 5.91. The highest BCUT2D eigenvalue weighted by Gasteiger charge is 2.09. The number of aromatic nitrogens is 2. The lowest BCUT2D eigenvalue weighted by atomic mass is 10.1. The Morgan fingerprint density at radius 3 is 3.10 bits per heavy atom. The highest BCUT2D eigenvalue weighted by atomic mass is 16.1. The van der Waals surface area contributed by atoms with Gasteiger partial charge in [-0.3, -0.25) is 4.79 Å². The Bertz CT molecular complexity index is 687. The van der Waals surface area contributed by atoms with Crippen molar-refractivity contribution < 1.29 is 4.79 Å². The van der Waals surface area contributed by atoms with Gasteiger partial charge in [0.15, 0.2) is 0 Å². The number of nitrogens with one attached hydrogen (secondary N) is 2. The first kappa shape index (κ1) is 13.6. The molecule has 1 aliphatic heterocycles. The molecule has 0 saturated heterocycles. The lowest BCUT2D eigenvalue weighted by Crippen LogP contribution is -2.20. The zero-order chi connectivity index (χ0) is 14.7. The van der Waals surface area contributed by atoms with Gasteiger partial charge >= 0.3 is 0 Å². The second-order valence-corrected chi connectivity index (χ2v) is 5.19. The maximum atomic E-state index is 11.8. The number of benzene rings is 1. The molecule has 1 aromatic carbocycles. The first-order valence-electron chi connectivity index (χ1n) is 6.96. The zero-order valence-electron chi connectivity index (χ0n) is 12.0. The van der Waals surface area contributed by atoms with Crippen molar-refractivity contribution in [1.29, 1.82) is 0 Å². The van der Waals surface area contributed by atoms with E-state index in [-0.39, 0.29) is 5.91 Å². The summed E-state index contributed by atoms with van der Waals surface area (Å²) >= 11 is 0. The molecule has 0 bridgehead atoms. The van der Waals surface area contributed by atoms with Crippen molar-refractivity contribution in [2.45, 2.75) is 19.6 Å². The Morgan fingerprint density at radius 1 is 1.43 bits per heavy atom. The summed E-state index contributed by atoms with van der Waals surface area (Å²) in [5.74, 6) is -0.102. The lowest BCUT2D eigenvalue weighted by molar-refractivity contribution is -0.116. The maximum Gasteiger partial charge on any atom is 0.244 e. The van der Waals surface area contributed by atoms with Crippen LogP contribution in [0.4, 0.5) is 0 Å². The Kier molecular flexibility index (Phi) is 3.83. The van der Waals surface area contributed by atoms with Gasteiger partial charge in [-0.1, -0.05) is 18.2 Å². The second kappa shape index (κ2) is 5.93. The van der Waals surface area contributed by atoms with Crippen molar-refractivity contribution in [1.82, 2.24) is 20.2 Å². The highest BCUT2D eigenvalue weighted by Crippen LogP contribution is 2.16. The van der Waals surface area contributed by atoms with Crippen molar-refractivity contribution in [3.63, 3.8) is 0 Å². The summed E-state index contributed by atoms with van der Waals surface area (Å²) in [5, 5.41) is 6.21. The first-order valence-corrected chi connectivity index (χ1v) is 6.96. The van der Waals surface area contributed by atoms with Crippen LogP contribution < -0.4 is 10.6 Å². The SMILES string of the molecule is Cn1cncc1/C=C/C(=O)NCc1ccc2c(c1)CNC2. The van der Waals surface area contributed by atoms with Crippen LogP contribution in [0.2, 0.25) is 0 Å². The molecular weight excluding hydrogens is 264 g/mol. The monoisotopic (exact) mass is 282 g/mol. The molecule has 0 aliphatic carbocycles. The van der Waals surface area contributed by atoms with E-state index in [2.05, 4.69) is 33.8 Å². The standard InChI is InChI=1S/C16H18N4O/c1-20-11-18-10-15(20)4-5-16(21)19-7-12-2-3-13-8-17-9-14(13)6-12/h2-6,10-11,17H,7-9H2,1H3,(H,19,21)/b5-4+. The van der Waals surface area contributed by atoms with E-state index in [1.807, 2.05) is 11.6 Å². The first-order chi connectivity index (χ1) is 10.2. The number of amides is 1. The lowest BCUT2D eigenvalue weighted by Gasteiger charge is -2.05. The maximum absolute atomic E-state index is 11.8. The molecular formula is C16H18N4O. The van der Waals surface area contributed by atoms with Crippen molar-refractivity contribution in [3.05, 3.63) is 59.2 Å². The molecule has 2 heterocycles. The Balaban J connectivity index is 1.56. The number of hydrogen-bond acceptors (Lipinski definition) is 3. The van der Waals surface area contributed by atoms with E-state index in [1.165, 1.54) is 17.2 Å². The van der Waals surface area contributed by atoms with E-state index in [9.17, 15) is 4.79 Å². The van der Waals surface area contributed by atoms with Gasteiger partial charge in [-0.25, -0.2) is 4.98 Å². The van der Waals surface area contributed by atoms with Crippen LogP contribution in [-0.4, -0.2) is 15.5 Å². The molecule has 2 aromatic rings. The summed E-state index contributed by atoms with van der Waals surface area (Å²) in [6.07, 6.45) is 6.72. The average molecular weight is 282 g/mol. The topological polar surface area (TPSA) is 59.0 Å². The molecule has 0 unspecified atom stereocenters. The number of nitrogens with zero attached hydrogens (tertiary/aromatic N) is 2. The number of carbonyl (C=O) groups is 1. The zero-order valence-corrected chi connectivity index (χ0v) is 12.0. The minimum Gasteiger partial charge on any atom is -0.348 e. The van der Waals surface area contributed by atoms with Crippen LogP contribution in [0.1, 0.15) is 22.4 Å². The largest absolute Gasteiger partial charge is 0.348 e. The molecule has 0 radical (unpaired) electrons. The average Bonchev–Trinajstić information content (AvgIpc) is 3.11. The van der Waals surface area contributed by atoms with Gasteiger partial charge in [0.2, 0.25) is 5.91 Å². The molecule has 108 valence electrons. The smallest absolute Gasteiger partial charge is 0.244 e. The number of hydrogen-bond donors (Lipinski definition) is 2. The van der Waals surface area contributed by atoms with Crippen LogP contribution in [0.5, 0.6) is 0 Å². The third-order valence-corrected chi connectivity index (χ3v) is 3.63. The molecule has 3 rings (SSSR count). The fourth-order valence-corrected chi connectivity index (χ4v) is 2.40. The number of fused-ring (bicyclic) bond motifs is 1. The molecule has 0 atom stereocenters.